The number of para-hydroxylation sites is 1. The van der Waals surface area contributed by atoms with Crippen molar-refractivity contribution >= 4 is 50.7 Å². The first-order valence-electron chi connectivity index (χ1n) is 9.73. The summed E-state index contributed by atoms with van der Waals surface area (Å²) < 4.78 is 1.74. The summed E-state index contributed by atoms with van der Waals surface area (Å²) in [5, 5.41) is 4.80. The Kier molecular flexibility index (Phi) is 7.40. The maximum absolute atomic E-state index is 12.8. The molecule has 3 N–H and O–H groups in total. The topological polar surface area (TPSA) is 107 Å². The Morgan fingerprint density at radius 1 is 1.16 bits per heavy atom. The predicted molar refractivity (Wildman–Crippen MR) is 129 cm³/mol. The molecule has 0 fully saturated rings. The van der Waals surface area contributed by atoms with Crippen LogP contribution in [-0.4, -0.2) is 21.4 Å². The molecule has 0 aliphatic rings. The Morgan fingerprint density at radius 2 is 1.88 bits per heavy atom. The van der Waals surface area contributed by atoms with Gasteiger partial charge in [-0.25, -0.2) is 4.98 Å². The third kappa shape index (κ3) is 5.22. The molecule has 0 spiro atoms. The number of benzene rings is 2. The molecule has 0 unspecified atom stereocenters. The lowest BCUT2D eigenvalue weighted by atomic mass is 10.1. The van der Waals surface area contributed by atoms with Crippen LogP contribution in [0.15, 0.2) is 65.6 Å². The lowest BCUT2D eigenvalue weighted by Crippen LogP contribution is -2.22. The third-order valence-electron chi connectivity index (χ3n) is 4.48. The molecule has 0 aliphatic carbocycles. The molecule has 9 heteroatoms. The molecule has 0 radical (unpaired) electrons. The van der Waals surface area contributed by atoms with Crippen LogP contribution in [0.1, 0.15) is 29.2 Å². The number of halogens is 1. The van der Waals surface area contributed by atoms with Crippen LogP contribution in [0.25, 0.3) is 16.5 Å². The second kappa shape index (κ2) is 10.2. The van der Waals surface area contributed by atoms with Gasteiger partial charge in [-0.1, -0.05) is 60.2 Å². The fraction of sp³-hybridized carbons (Fsp3) is 0.130. The molecule has 32 heavy (non-hydrogen) atoms. The SMILES string of the molecule is CC(=O)Nc1ncc(C(N)=O)s1.CCc1cc2cccc(Cl)c2c(=O)n1-c1ccccc1. The van der Waals surface area contributed by atoms with Gasteiger partial charge < -0.3 is 11.1 Å². The van der Waals surface area contributed by atoms with Crippen molar-refractivity contribution in [3.8, 4) is 5.69 Å². The van der Waals surface area contributed by atoms with Crippen molar-refractivity contribution in [2.24, 2.45) is 5.73 Å². The number of amides is 2. The number of hydrogen-bond acceptors (Lipinski definition) is 5. The number of primary amides is 1. The molecule has 7 nitrogen and oxygen atoms in total. The minimum Gasteiger partial charge on any atom is -0.365 e. The van der Waals surface area contributed by atoms with E-state index < -0.39 is 5.91 Å². The quantitative estimate of drug-likeness (QED) is 0.462. The van der Waals surface area contributed by atoms with Crippen molar-refractivity contribution in [1.82, 2.24) is 9.55 Å². The normalized spacial score (nSPS) is 10.3. The van der Waals surface area contributed by atoms with Crippen molar-refractivity contribution in [1.29, 1.82) is 0 Å². The summed E-state index contributed by atoms with van der Waals surface area (Å²) in [6.07, 6.45) is 2.12. The van der Waals surface area contributed by atoms with Crippen molar-refractivity contribution in [2.45, 2.75) is 20.3 Å². The first kappa shape index (κ1) is 23.2. The minimum atomic E-state index is -0.538. The predicted octanol–water partition coefficient (Wildman–Crippen LogP) is 4.41. The second-order valence-electron chi connectivity index (χ2n) is 6.74. The zero-order valence-electron chi connectivity index (χ0n) is 17.5. The summed E-state index contributed by atoms with van der Waals surface area (Å²) in [6.45, 7) is 3.41. The van der Waals surface area contributed by atoms with E-state index in [1.165, 1.54) is 13.1 Å². The maximum atomic E-state index is 12.8. The number of carbonyl (C=O) groups excluding carboxylic acids is 2. The van der Waals surface area contributed by atoms with E-state index in [0.29, 0.717) is 20.4 Å². The Labute approximate surface area is 193 Å². The van der Waals surface area contributed by atoms with Gasteiger partial charge in [-0.05, 0) is 36.1 Å². The van der Waals surface area contributed by atoms with Crippen LogP contribution in [0, 0.1) is 0 Å². The van der Waals surface area contributed by atoms with Crippen LogP contribution in [0.2, 0.25) is 5.02 Å². The Bertz CT molecular complexity index is 1330. The van der Waals surface area contributed by atoms with Crippen molar-refractivity contribution in [3.05, 3.63) is 86.7 Å². The van der Waals surface area contributed by atoms with Crippen molar-refractivity contribution in [2.75, 3.05) is 5.32 Å². The third-order valence-corrected chi connectivity index (χ3v) is 5.72. The molecular weight excluding hydrogens is 448 g/mol. The Hall–Kier alpha value is -3.49. The molecule has 0 saturated heterocycles. The zero-order valence-corrected chi connectivity index (χ0v) is 19.0. The summed E-state index contributed by atoms with van der Waals surface area (Å²) in [7, 11) is 0. The van der Waals surface area contributed by atoms with Gasteiger partial charge in [-0.15, -0.1) is 0 Å². The molecule has 2 amide bonds. The van der Waals surface area contributed by atoms with E-state index in [0.717, 1.165) is 34.5 Å². The average Bonchev–Trinajstić information content (AvgIpc) is 3.22. The van der Waals surface area contributed by atoms with Crippen LogP contribution in [0.3, 0.4) is 0 Å². The molecule has 4 aromatic rings. The van der Waals surface area contributed by atoms with E-state index in [1.807, 2.05) is 55.5 Å². The summed E-state index contributed by atoms with van der Waals surface area (Å²) in [4.78, 5) is 38.0. The first-order valence-corrected chi connectivity index (χ1v) is 10.9. The van der Waals surface area contributed by atoms with Gasteiger partial charge in [0.25, 0.3) is 11.5 Å². The van der Waals surface area contributed by atoms with Gasteiger partial charge in [0.05, 0.1) is 16.6 Å². The molecular formula is C23H21ClN4O3S. The number of hydrogen-bond donors (Lipinski definition) is 2. The second-order valence-corrected chi connectivity index (χ2v) is 8.18. The zero-order chi connectivity index (χ0) is 23.3. The number of fused-ring (bicyclic) bond motifs is 1. The van der Waals surface area contributed by atoms with Crippen molar-refractivity contribution in [3.63, 3.8) is 0 Å². The van der Waals surface area contributed by atoms with Gasteiger partial charge in [0.1, 0.15) is 4.88 Å². The molecule has 2 heterocycles. The number of carbonyl (C=O) groups is 2. The van der Waals surface area contributed by atoms with Crippen LogP contribution in [0.4, 0.5) is 5.13 Å². The molecule has 2 aromatic heterocycles. The van der Waals surface area contributed by atoms with Crippen LogP contribution < -0.4 is 16.6 Å². The summed E-state index contributed by atoms with van der Waals surface area (Å²) >= 11 is 7.26. The van der Waals surface area contributed by atoms with Gasteiger partial charge >= 0.3 is 0 Å². The first-order chi connectivity index (χ1) is 15.3. The van der Waals surface area contributed by atoms with Crippen molar-refractivity contribution < 1.29 is 9.59 Å². The molecule has 164 valence electrons. The summed E-state index contributed by atoms with van der Waals surface area (Å²) in [5.74, 6) is -0.760. The number of rotatable bonds is 4. The van der Waals surface area contributed by atoms with Crippen LogP contribution in [-0.2, 0) is 11.2 Å². The standard InChI is InChI=1S/C17H14ClNO.C6H7N3O2S/c1-2-13-11-12-7-6-10-15(18)16(12)17(20)19(13)14-8-4-3-5-9-14;1-3(10)9-6-8-2-4(12-6)5(7)11/h3-11H,2H2,1H3;2H,1H3,(H2,7,11)(H,8,9,10). The highest BCUT2D eigenvalue weighted by molar-refractivity contribution is 7.17. The number of aryl methyl sites for hydroxylation is 1. The highest BCUT2D eigenvalue weighted by atomic mass is 35.5. The number of nitrogens with zero attached hydrogens (tertiary/aromatic N) is 2. The fourth-order valence-corrected chi connectivity index (χ4v) is 4.07. The van der Waals surface area contributed by atoms with Gasteiger partial charge in [-0.2, -0.15) is 0 Å². The van der Waals surface area contributed by atoms with E-state index in [2.05, 4.69) is 10.3 Å². The smallest absolute Gasteiger partial charge is 0.264 e. The maximum Gasteiger partial charge on any atom is 0.264 e. The largest absolute Gasteiger partial charge is 0.365 e. The number of anilines is 1. The molecule has 4 rings (SSSR count). The molecule has 2 aromatic carbocycles. The number of thiazole rings is 1. The van der Waals surface area contributed by atoms with Gasteiger partial charge in [0.15, 0.2) is 5.13 Å². The number of nitrogens with one attached hydrogen (secondary N) is 1. The van der Waals surface area contributed by atoms with Gasteiger partial charge in [-0.3, -0.25) is 19.0 Å². The number of pyridine rings is 1. The minimum absolute atomic E-state index is 0.0591. The van der Waals surface area contributed by atoms with E-state index in [-0.39, 0.29) is 11.5 Å². The molecule has 0 atom stereocenters. The van der Waals surface area contributed by atoms with Gasteiger partial charge in [0, 0.05) is 18.3 Å². The fourth-order valence-electron chi connectivity index (χ4n) is 3.09. The highest BCUT2D eigenvalue weighted by Gasteiger charge is 2.12. The van der Waals surface area contributed by atoms with E-state index in [1.54, 1.807) is 10.6 Å². The van der Waals surface area contributed by atoms with E-state index in [9.17, 15) is 14.4 Å². The van der Waals surface area contributed by atoms with Gasteiger partial charge in [0.2, 0.25) is 5.91 Å². The Balaban J connectivity index is 0.000000207. The molecule has 0 aliphatic heterocycles. The molecule has 0 saturated carbocycles. The van der Waals surface area contributed by atoms with E-state index >= 15 is 0 Å². The number of aromatic nitrogens is 2. The molecule has 0 bridgehead atoms. The highest BCUT2D eigenvalue weighted by Crippen LogP contribution is 2.22. The monoisotopic (exact) mass is 468 g/mol. The Morgan fingerprint density at radius 3 is 2.47 bits per heavy atom. The summed E-state index contributed by atoms with van der Waals surface area (Å²) in [6, 6.07) is 17.3. The number of nitrogens with two attached hydrogens (primary N) is 1. The summed E-state index contributed by atoms with van der Waals surface area (Å²) in [5.41, 5.74) is 6.77. The lowest BCUT2D eigenvalue weighted by Gasteiger charge is -2.14. The van der Waals surface area contributed by atoms with Crippen LogP contribution in [0.5, 0.6) is 0 Å². The average molecular weight is 469 g/mol. The van der Waals surface area contributed by atoms with Crippen LogP contribution >= 0.6 is 22.9 Å². The van der Waals surface area contributed by atoms with E-state index in [4.69, 9.17) is 17.3 Å². The lowest BCUT2D eigenvalue weighted by molar-refractivity contribution is -0.114.